The Bertz CT molecular complexity index is 1330. The molecule has 3 heterocycles. The number of carboxylic acid groups (broad SMARTS) is 1. The van der Waals surface area contributed by atoms with Crippen LogP contribution >= 0.6 is 0 Å². The number of nitrogens with one attached hydrogen (secondary N) is 1. The van der Waals surface area contributed by atoms with E-state index in [1.807, 2.05) is 24.3 Å². The smallest absolute Gasteiger partial charge is 0.315 e. The number of carbonyl (C=O) groups is 1. The zero-order chi connectivity index (χ0) is 27.2. The number of carboxylic acids is 1. The highest BCUT2D eigenvalue weighted by Crippen LogP contribution is 2.30. The van der Waals surface area contributed by atoms with Gasteiger partial charge in [0.25, 0.3) is 0 Å². The predicted octanol–water partition coefficient (Wildman–Crippen LogP) is 3.51. The van der Waals surface area contributed by atoms with Gasteiger partial charge >= 0.3 is 5.97 Å². The molecule has 0 atom stereocenters. The second-order valence-electron chi connectivity index (χ2n) is 10.7. The van der Waals surface area contributed by atoms with Gasteiger partial charge < -0.3 is 31.0 Å². The molecule has 0 saturated carbocycles. The van der Waals surface area contributed by atoms with Crippen LogP contribution in [0.15, 0.2) is 79.0 Å². The molecule has 1 saturated heterocycles. The van der Waals surface area contributed by atoms with Crippen molar-refractivity contribution >= 4 is 17.4 Å². The Kier molecular flexibility index (Phi) is 11.0. The van der Waals surface area contributed by atoms with E-state index in [0.717, 1.165) is 51.3 Å². The van der Waals surface area contributed by atoms with Gasteiger partial charge in [0.2, 0.25) is 0 Å². The number of aliphatic carboxylic acids is 1. The highest BCUT2D eigenvalue weighted by atomic mass is 16.5. The fourth-order valence-corrected chi connectivity index (χ4v) is 4.97. The summed E-state index contributed by atoms with van der Waals surface area (Å²) in [6, 6.07) is 24.7. The molecule has 2 aromatic heterocycles. The van der Waals surface area contributed by atoms with Gasteiger partial charge in [0.05, 0.1) is 18.0 Å². The van der Waals surface area contributed by atoms with Crippen LogP contribution in [-0.4, -0.2) is 73.8 Å². The minimum absolute atomic E-state index is 0. The van der Waals surface area contributed by atoms with Gasteiger partial charge in [-0.1, -0.05) is 60.7 Å². The zero-order valence-electron chi connectivity index (χ0n) is 23.7. The summed E-state index contributed by atoms with van der Waals surface area (Å²) < 4.78 is 8.32. The number of aromatic nitrogens is 3. The van der Waals surface area contributed by atoms with E-state index in [1.54, 1.807) is 24.6 Å². The van der Waals surface area contributed by atoms with Crippen molar-refractivity contribution in [3.8, 4) is 0 Å². The molecule has 1 aliphatic heterocycles. The molecule has 0 spiro atoms. The molecule has 0 bridgehead atoms. The molecular weight excluding hydrogens is 522 g/mol. The van der Waals surface area contributed by atoms with Gasteiger partial charge in [-0.15, -0.1) is 5.10 Å². The van der Waals surface area contributed by atoms with E-state index >= 15 is 0 Å². The molecule has 5 rings (SSSR count). The molecule has 4 aromatic rings. The van der Waals surface area contributed by atoms with Crippen LogP contribution in [0.5, 0.6) is 0 Å². The summed E-state index contributed by atoms with van der Waals surface area (Å²) in [7, 11) is 0. The molecule has 0 unspecified atom stereocenters. The third kappa shape index (κ3) is 7.68. The zero-order valence-corrected chi connectivity index (χ0v) is 23.7. The average Bonchev–Trinajstić information content (AvgIpc) is 3.40. The summed E-state index contributed by atoms with van der Waals surface area (Å²) in [5.74, 6) is -0.161. The van der Waals surface area contributed by atoms with Crippen molar-refractivity contribution in [2.45, 2.75) is 50.7 Å². The molecule has 41 heavy (non-hydrogen) atoms. The Hall–Kier alpha value is -3.83. The fourth-order valence-electron chi connectivity index (χ4n) is 4.97. The Balaban J connectivity index is 0.00000231. The van der Waals surface area contributed by atoms with E-state index in [1.165, 1.54) is 11.1 Å². The predicted molar refractivity (Wildman–Crippen MR) is 159 cm³/mol. The highest BCUT2D eigenvalue weighted by molar-refractivity contribution is 5.79. The van der Waals surface area contributed by atoms with Gasteiger partial charge in [-0.3, -0.25) is 4.79 Å². The Morgan fingerprint density at radius 2 is 1.61 bits per heavy atom. The van der Waals surface area contributed by atoms with E-state index in [9.17, 15) is 9.90 Å². The van der Waals surface area contributed by atoms with Crippen LogP contribution in [-0.2, 0) is 14.9 Å². The lowest BCUT2D eigenvalue weighted by molar-refractivity contribution is -0.142. The number of nitrogens with zero attached hydrogens (tertiary/aromatic N) is 4. The topological polar surface area (TPSA) is 155 Å². The van der Waals surface area contributed by atoms with Crippen LogP contribution in [0.25, 0.3) is 5.65 Å². The number of benzene rings is 2. The number of piperidine rings is 1. The van der Waals surface area contributed by atoms with Gasteiger partial charge in [-0.05, 0) is 62.9 Å². The average molecular weight is 564 g/mol. The second kappa shape index (κ2) is 14.2. The monoisotopic (exact) mass is 563 g/mol. The Morgan fingerprint density at radius 3 is 2.20 bits per heavy atom. The molecule has 1 aliphatic rings. The summed E-state index contributed by atoms with van der Waals surface area (Å²) in [5.41, 5.74) is 2.45. The lowest BCUT2D eigenvalue weighted by atomic mass is 9.90. The van der Waals surface area contributed by atoms with Crippen LogP contribution in [0, 0.1) is 0 Å². The maximum absolute atomic E-state index is 11.6. The molecule has 0 radical (unpaired) electrons. The van der Waals surface area contributed by atoms with Crippen molar-refractivity contribution in [1.82, 2.24) is 19.5 Å². The van der Waals surface area contributed by atoms with Crippen molar-refractivity contribution in [1.29, 1.82) is 0 Å². The third-order valence-corrected chi connectivity index (χ3v) is 7.52. The van der Waals surface area contributed by atoms with Crippen molar-refractivity contribution in [3.63, 3.8) is 0 Å². The molecule has 10 heteroatoms. The quantitative estimate of drug-likeness (QED) is 0.265. The number of hydrogen-bond acceptors (Lipinski definition) is 6. The van der Waals surface area contributed by atoms with Gasteiger partial charge in [0.1, 0.15) is 17.3 Å². The van der Waals surface area contributed by atoms with Crippen LogP contribution in [0.1, 0.15) is 56.0 Å². The Labute approximate surface area is 240 Å². The number of fused-ring (bicyclic) bond motifs is 1. The van der Waals surface area contributed by atoms with E-state index in [-0.39, 0.29) is 23.2 Å². The summed E-state index contributed by atoms with van der Waals surface area (Å²) in [6.45, 7) is 7.18. The lowest BCUT2D eigenvalue weighted by Gasteiger charge is -2.34. The molecular formula is C31H41N5O5. The fraction of sp³-hybridized carbons (Fsp3) is 0.387. The first kappa shape index (κ1) is 31.7. The lowest BCUT2D eigenvalue weighted by Crippen LogP contribution is -2.38. The number of anilines is 1. The van der Waals surface area contributed by atoms with Gasteiger partial charge in [-0.25, -0.2) is 9.50 Å². The highest BCUT2D eigenvalue weighted by Gasteiger charge is 2.32. The van der Waals surface area contributed by atoms with Gasteiger partial charge in [0.15, 0.2) is 5.65 Å². The van der Waals surface area contributed by atoms with Crippen molar-refractivity contribution < 1.29 is 25.6 Å². The number of hydrogen-bond donors (Lipinski definition) is 2. The number of ether oxygens (including phenoxy) is 1. The van der Waals surface area contributed by atoms with Crippen LogP contribution < -0.4 is 5.32 Å². The standard InChI is InChI=1S/C31H37N5O3.2H2O/c1-31(2,30(37)38)26-22-36-28(33-26)15-14-27(34-36)32-18-9-19-35-20-16-25(17-21-35)39-29(23-10-5-3-6-11-23)24-12-7-4-8-13-24;;/h3-8,10-15,22,25,29H,9,16-21H2,1-2H3,(H,32,34)(H,37,38);2*1H2. The number of likely N-dealkylation sites (tertiary alicyclic amines) is 1. The van der Waals surface area contributed by atoms with E-state index in [2.05, 4.69) is 68.8 Å². The maximum Gasteiger partial charge on any atom is 0.315 e. The van der Waals surface area contributed by atoms with Crippen LogP contribution in [0.4, 0.5) is 5.82 Å². The number of rotatable bonds is 11. The van der Waals surface area contributed by atoms with E-state index < -0.39 is 11.4 Å². The molecule has 6 N–H and O–H groups in total. The largest absolute Gasteiger partial charge is 0.481 e. The normalized spacial score (nSPS) is 14.4. The molecule has 220 valence electrons. The summed E-state index contributed by atoms with van der Waals surface area (Å²) in [6.07, 6.45) is 4.95. The van der Waals surface area contributed by atoms with Gasteiger partial charge in [-0.2, -0.15) is 0 Å². The van der Waals surface area contributed by atoms with Gasteiger partial charge in [0, 0.05) is 19.6 Å². The SMILES string of the molecule is CC(C)(C(=O)O)c1cn2nc(NCCCN3CCC(OC(c4ccccc4)c4ccccc4)CC3)ccc2n1.O.O. The van der Waals surface area contributed by atoms with Crippen molar-refractivity contribution in [3.05, 3.63) is 95.8 Å². The molecule has 0 aliphatic carbocycles. The first-order chi connectivity index (χ1) is 18.9. The second-order valence-corrected chi connectivity index (χ2v) is 10.7. The van der Waals surface area contributed by atoms with E-state index in [0.29, 0.717) is 11.3 Å². The first-order valence-corrected chi connectivity index (χ1v) is 13.7. The minimum Gasteiger partial charge on any atom is -0.481 e. The summed E-state index contributed by atoms with van der Waals surface area (Å²) in [5, 5.41) is 17.4. The Morgan fingerprint density at radius 1 is 1.00 bits per heavy atom. The minimum atomic E-state index is -1.07. The summed E-state index contributed by atoms with van der Waals surface area (Å²) in [4.78, 5) is 18.5. The van der Waals surface area contributed by atoms with Crippen molar-refractivity contribution in [2.24, 2.45) is 0 Å². The molecule has 0 amide bonds. The maximum atomic E-state index is 11.6. The number of imidazole rings is 1. The van der Waals surface area contributed by atoms with Crippen molar-refractivity contribution in [2.75, 3.05) is 31.5 Å². The van der Waals surface area contributed by atoms with Crippen LogP contribution in [0.2, 0.25) is 0 Å². The van der Waals surface area contributed by atoms with Crippen LogP contribution in [0.3, 0.4) is 0 Å². The third-order valence-electron chi connectivity index (χ3n) is 7.52. The molecule has 1 fully saturated rings. The molecule has 10 nitrogen and oxygen atoms in total. The first-order valence-electron chi connectivity index (χ1n) is 13.7. The van der Waals surface area contributed by atoms with E-state index in [4.69, 9.17) is 4.74 Å². The summed E-state index contributed by atoms with van der Waals surface area (Å²) >= 11 is 0. The molecule has 2 aromatic carbocycles.